The maximum atomic E-state index is 14.0. The van der Waals surface area contributed by atoms with E-state index in [1.807, 2.05) is 31.3 Å². The fraction of sp³-hybridized carbons (Fsp3) is 0.409. The molecule has 8 rings (SSSR count). The molecule has 1 unspecified atom stereocenters. The summed E-state index contributed by atoms with van der Waals surface area (Å²) in [5.41, 5.74) is 16.8. The highest BCUT2D eigenvalue weighted by atomic mass is 16.6. The van der Waals surface area contributed by atoms with Gasteiger partial charge in [-0.25, -0.2) is 4.79 Å². The van der Waals surface area contributed by atoms with Gasteiger partial charge in [0, 0.05) is 59.7 Å². The standard InChI is InChI=1S/C44H50N4O9/c1-4-21(2)43(54)56-34-17-30-39(53)37-33(52)16-27(19-49)55-41(37)38-36(31(20-50)23-6-5-7-26(51)12-23)28-10-11-47-42(46)29(28)13-24-9-8-22-15-35(45)48-18-25(22)14-32(24)44(34,3)57-40(30)38/h4-7,10,12,15-16,18,24,31-32,34-36,47-51,53H,8-9,11,13-14,17,19-20,45-46H2,1-3H3/b21-4-/t24-,31-,32+,34-,35?,36-,44+/m1/s1. The number of aromatic hydroxyl groups is 2. The Morgan fingerprint density at radius 1 is 1.16 bits per heavy atom. The second-order valence-electron chi connectivity index (χ2n) is 16.0. The average Bonchev–Trinajstić information content (AvgIpc) is 3.37. The number of phenols is 2. The number of hydrogen-bond acceptors (Lipinski definition) is 13. The first-order valence-corrected chi connectivity index (χ1v) is 19.6. The number of nitrogens with one attached hydrogen (secondary N) is 2. The van der Waals surface area contributed by atoms with E-state index in [1.54, 1.807) is 38.1 Å². The van der Waals surface area contributed by atoms with Crippen molar-refractivity contribution in [2.75, 3.05) is 13.2 Å². The van der Waals surface area contributed by atoms with E-state index in [1.165, 1.54) is 0 Å². The zero-order valence-corrected chi connectivity index (χ0v) is 32.3. The van der Waals surface area contributed by atoms with E-state index in [2.05, 4.69) is 10.6 Å². The van der Waals surface area contributed by atoms with Crippen LogP contribution in [-0.4, -0.2) is 57.4 Å². The molecule has 5 heterocycles. The number of fused-ring (bicyclic) bond motifs is 7. The Hall–Kier alpha value is -5.50. The highest BCUT2D eigenvalue weighted by Gasteiger charge is 2.56. The van der Waals surface area contributed by atoms with Crippen LogP contribution in [0.2, 0.25) is 0 Å². The monoisotopic (exact) mass is 778 g/mol. The Morgan fingerprint density at radius 3 is 2.70 bits per heavy atom. The Balaban J connectivity index is 1.49. The molecule has 0 spiro atoms. The summed E-state index contributed by atoms with van der Waals surface area (Å²) in [6.45, 7) is 4.74. The number of dihydropyridines is 2. The lowest BCUT2D eigenvalue weighted by molar-refractivity contribution is -0.168. The largest absolute Gasteiger partial charge is 0.508 e. The van der Waals surface area contributed by atoms with Gasteiger partial charge >= 0.3 is 5.97 Å². The lowest BCUT2D eigenvalue weighted by atomic mass is 9.64. The van der Waals surface area contributed by atoms with Crippen LogP contribution in [0.3, 0.4) is 0 Å². The van der Waals surface area contributed by atoms with Gasteiger partial charge in [-0.05, 0) is 98.4 Å². The molecule has 4 aliphatic heterocycles. The highest BCUT2D eigenvalue weighted by Crippen LogP contribution is 2.59. The van der Waals surface area contributed by atoms with E-state index in [9.17, 15) is 30.0 Å². The van der Waals surface area contributed by atoms with Gasteiger partial charge in [0.05, 0.1) is 18.6 Å². The zero-order valence-electron chi connectivity index (χ0n) is 32.3. The van der Waals surface area contributed by atoms with Gasteiger partial charge in [-0.1, -0.05) is 24.3 Å². The van der Waals surface area contributed by atoms with Crippen LogP contribution in [-0.2, 0) is 22.6 Å². The first-order chi connectivity index (χ1) is 27.4. The van der Waals surface area contributed by atoms with Crippen LogP contribution in [0.15, 0.2) is 97.7 Å². The summed E-state index contributed by atoms with van der Waals surface area (Å²) in [5, 5.41) is 51.1. The molecule has 3 aromatic rings. The molecule has 1 saturated carbocycles. The number of aliphatic hydroxyl groups is 2. The quantitative estimate of drug-likeness (QED) is 0.129. The molecule has 13 heteroatoms. The van der Waals surface area contributed by atoms with Crippen LogP contribution in [0.1, 0.15) is 80.7 Å². The van der Waals surface area contributed by atoms with E-state index < -0.39 is 48.2 Å². The van der Waals surface area contributed by atoms with E-state index in [0.29, 0.717) is 41.9 Å². The number of hydrogen-bond donors (Lipinski definition) is 8. The lowest BCUT2D eigenvalue weighted by Gasteiger charge is -2.50. The fourth-order valence-electron chi connectivity index (χ4n) is 9.78. The lowest BCUT2D eigenvalue weighted by Crippen LogP contribution is -2.58. The van der Waals surface area contributed by atoms with Crippen molar-refractivity contribution >= 4 is 16.9 Å². The summed E-state index contributed by atoms with van der Waals surface area (Å²) in [7, 11) is 0. The molecule has 0 amide bonds. The molecule has 13 nitrogen and oxygen atoms in total. The molecule has 300 valence electrons. The third-order valence-corrected chi connectivity index (χ3v) is 12.9. The van der Waals surface area contributed by atoms with Gasteiger partial charge in [0.2, 0.25) is 0 Å². The van der Waals surface area contributed by atoms with Crippen molar-refractivity contribution in [2.24, 2.45) is 23.3 Å². The topological polar surface area (TPSA) is 223 Å². The van der Waals surface area contributed by atoms with Gasteiger partial charge in [0.1, 0.15) is 52.3 Å². The van der Waals surface area contributed by atoms with Gasteiger partial charge in [0.15, 0.2) is 5.43 Å². The molecular weight excluding hydrogens is 729 g/mol. The van der Waals surface area contributed by atoms with Crippen molar-refractivity contribution < 1.29 is 39.1 Å². The van der Waals surface area contributed by atoms with E-state index in [-0.39, 0.29) is 64.0 Å². The Kier molecular flexibility index (Phi) is 9.95. The van der Waals surface area contributed by atoms with Crippen LogP contribution >= 0.6 is 0 Å². The summed E-state index contributed by atoms with van der Waals surface area (Å²) < 4.78 is 20.2. The van der Waals surface area contributed by atoms with Crippen molar-refractivity contribution in [1.29, 1.82) is 0 Å². The van der Waals surface area contributed by atoms with Crippen LogP contribution in [0.5, 0.6) is 17.2 Å². The molecule has 5 aliphatic rings. The summed E-state index contributed by atoms with van der Waals surface area (Å²) in [4.78, 5) is 27.8. The van der Waals surface area contributed by atoms with E-state index in [4.69, 9.17) is 25.4 Å². The number of rotatable bonds is 6. The number of benzene rings is 2. The normalized spacial score (nSPS) is 27.4. The van der Waals surface area contributed by atoms with Crippen LogP contribution in [0.4, 0.5) is 0 Å². The molecule has 57 heavy (non-hydrogen) atoms. The third kappa shape index (κ3) is 6.47. The maximum absolute atomic E-state index is 14.0. The smallest absolute Gasteiger partial charge is 0.333 e. The van der Waals surface area contributed by atoms with Gasteiger partial charge < -0.3 is 56.4 Å². The van der Waals surface area contributed by atoms with Crippen molar-refractivity contribution in [1.82, 2.24) is 10.6 Å². The van der Waals surface area contributed by atoms with Crippen LogP contribution in [0.25, 0.3) is 11.0 Å². The summed E-state index contributed by atoms with van der Waals surface area (Å²) in [6.07, 6.45) is 8.87. The molecular formula is C44H50N4O9. The number of allylic oxidation sites excluding steroid dienone is 5. The number of carbonyl (C=O) groups excluding carboxylic acids is 1. The molecule has 2 aromatic carbocycles. The van der Waals surface area contributed by atoms with Crippen LogP contribution in [0, 0.1) is 11.8 Å². The van der Waals surface area contributed by atoms with Gasteiger partial charge in [-0.3, -0.25) is 4.79 Å². The third-order valence-electron chi connectivity index (χ3n) is 12.9. The minimum absolute atomic E-state index is 0.00225. The number of phenolic OH excluding ortho intramolecular Hbond substituents is 2. The van der Waals surface area contributed by atoms with Gasteiger partial charge in [0.25, 0.3) is 0 Å². The van der Waals surface area contributed by atoms with E-state index in [0.717, 1.165) is 41.2 Å². The molecule has 2 bridgehead atoms. The first-order valence-electron chi connectivity index (χ1n) is 19.6. The SMILES string of the molecule is C/C=C(/C)C(=O)O[C@@H]1Cc2c3c(c4oc(CO)cc(=O)c4c2O)[C@@H]([C@H](CO)c2cccc(O)c2)C2=CCNC(N)=C2C[C@H]2CCC4=CC(N)NC=C4C[C@@H]2[C@]1(C)O3. The van der Waals surface area contributed by atoms with Gasteiger partial charge in [-0.15, -0.1) is 0 Å². The second-order valence-corrected chi connectivity index (χ2v) is 16.0. The van der Waals surface area contributed by atoms with E-state index >= 15 is 0 Å². The number of aliphatic hydroxyl groups excluding tert-OH is 2. The average molecular weight is 779 g/mol. The molecule has 1 aromatic heterocycles. The summed E-state index contributed by atoms with van der Waals surface area (Å²) >= 11 is 0. The zero-order chi connectivity index (χ0) is 40.3. The number of esters is 1. The molecule has 7 atom stereocenters. The molecule has 10 N–H and O–H groups in total. The van der Waals surface area contributed by atoms with Crippen molar-refractivity contribution in [3.8, 4) is 17.2 Å². The summed E-state index contributed by atoms with van der Waals surface area (Å²) in [6, 6.07) is 7.79. The predicted molar refractivity (Wildman–Crippen MR) is 213 cm³/mol. The Labute approximate surface area is 330 Å². The van der Waals surface area contributed by atoms with Crippen molar-refractivity contribution in [2.45, 2.75) is 89.2 Å². The van der Waals surface area contributed by atoms with Gasteiger partial charge in [-0.2, -0.15) is 0 Å². The number of carbonyl (C=O) groups is 1. The first kappa shape index (κ1) is 38.4. The van der Waals surface area contributed by atoms with Crippen LogP contribution < -0.4 is 32.3 Å². The minimum Gasteiger partial charge on any atom is -0.508 e. The fourth-order valence-corrected chi connectivity index (χ4v) is 9.78. The molecule has 0 saturated heterocycles. The second kappa shape index (κ2) is 14.8. The Morgan fingerprint density at radius 2 is 1.96 bits per heavy atom. The molecule has 1 fully saturated rings. The Bertz CT molecular complexity index is 2370. The highest BCUT2D eigenvalue weighted by molar-refractivity contribution is 5.92. The predicted octanol–water partition coefficient (Wildman–Crippen LogP) is 4.35. The van der Waals surface area contributed by atoms with Crippen molar-refractivity contribution in [3.63, 3.8) is 0 Å². The maximum Gasteiger partial charge on any atom is 0.333 e. The summed E-state index contributed by atoms with van der Waals surface area (Å²) in [5.74, 6) is -2.24. The number of ether oxygens (including phenoxy) is 2. The molecule has 0 radical (unpaired) electrons. The van der Waals surface area contributed by atoms with Crippen molar-refractivity contribution in [3.05, 3.63) is 121 Å². The minimum atomic E-state index is -1.25. The number of nitrogens with two attached hydrogens (primary N) is 2. The molecule has 1 aliphatic carbocycles.